The van der Waals surface area contributed by atoms with Crippen LogP contribution in [0.3, 0.4) is 0 Å². The highest BCUT2D eigenvalue weighted by molar-refractivity contribution is 5.75. The third kappa shape index (κ3) is 1.70. The van der Waals surface area contributed by atoms with Crippen molar-refractivity contribution in [1.29, 1.82) is 0 Å². The van der Waals surface area contributed by atoms with E-state index in [2.05, 4.69) is 4.98 Å². The molecule has 0 N–H and O–H groups in total. The van der Waals surface area contributed by atoms with Gasteiger partial charge >= 0.3 is 5.69 Å². The first-order valence-electron chi connectivity index (χ1n) is 6.72. The molecule has 0 unspecified atom stereocenters. The second-order valence-electron chi connectivity index (χ2n) is 5.11. The average Bonchev–Trinajstić information content (AvgIpc) is 2.96. The van der Waals surface area contributed by atoms with Crippen molar-refractivity contribution in [2.75, 3.05) is 0 Å². The van der Waals surface area contributed by atoms with Gasteiger partial charge in [-0.05, 0) is 13.8 Å². The third-order valence-electron chi connectivity index (χ3n) is 3.78. The summed E-state index contributed by atoms with van der Waals surface area (Å²) in [6, 6.07) is 0. The van der Waals surface area contributed by atoms with Crippen LogP contribution in [0.1, 0.15) is 12.6 Å². The van der Waals surface area contributed by atoms with Crippen molar-refractivity contribution in [3.63, 3.8) is 0 Å². The molecule has 0 aliphatic carbocycles. The standard InChI is InChI=1S/C14H17N5O2/c1-5-6-7-18-9(2)8-19-10-11(15-13(18)19)16(3)14(21)17(4)12(10)20/h5-6,8H,7H2,1-4H3. The maximum absolute atomic E-state index is 12.4. The van der Waals surface area contributed by atoms with E-state index in [9.17, 15) is 9.59 Å². The Kier molecular flexibility index (Phi) is 2.86. The van der Waals surface area contributed by atoms with Crippen LogP contribution in [-0.4, -0.2) is 23.1 Å². The molecule has 0 aliphatic rings. The molecule has 7 heteroatoms. The molecule has 0 amide bonds. The first-order valence-corrected chi connectivity index (χ1v) is 6.72. The first kappa shape index (κ1) is 13.4. The first-order chi connectivity index (χ1) is 9.97. The molecule has 3 rings (SSSR count). The van der Waals surface area contributed by atoms with Gasteiger partial charge in [-0.3, -0.25) is 18.3 Å². The summed E-state index contributed by atoms with van der Waals surface area (Å²) in [6.07, 6.45) is 5.86. The van der Waals surface area contributed by atoms with Crippen LogP contribution in [0, 0.1) is 6.92 Å². The van der Waals surface area contributed by atoms with Gasteiger partial charge in [-0.25, -0.2) is 4.79 Å². The Morgan fingerprint density at radius 3 is 2.62 bits per heavy atom. The van der Waals surface area contributed by atoms with Gasteiger partial charge in [0.2, 0.25) is 5.78 Å². The molecule has 3 aromatic rings. The summed E-state index contributed by atoms with van der Waals surface area (Å²) < 4.78 is 6.27. The third-order valence-corrected chi connectivity index (χ3v) is 3.78. The molecule has 0 saturated heterocycles. The van der Waals surface area contributed by atoms with E-state index in [0.717, 1.165) is 10.3 Å². The largest absolute Gasteiger partial charge is 0.332 e. The number of aromatic nitrogens is 5. The van der Waals surface area contributed by atoms with E-state index >= 15 is 0 Å². The molecule has 3 heterocycles. The lowest BCUT2D eigenvalue weighted by atomic mass is 10.4. The van der Waals surface area contributed by atoms with Crippen molar-refractivity contribution >= 4 is 16.9 Å². The summed E-state index contributed by atoms with van der Waals surface area (Å²) >= 11 is 0. The van der Waals surface area contributed by atoms with E-state index < -0.39 is 0 Å². The minimum Gasteiger partial charge on any atom is -0.310 e. The van der Waals surface area contributed by atoms with E-state index in [1.807, 2.05) is 36.8 Å². The molecular formula is C14H17N5O2. The Morgan fingerprint density at radius 1 is 1.24 bits per heavy atom. The van der Waals surface area contributed by atoms with Gasteiger partial charge in [-0.2, -0.15) is 4.98 Å². The number of aryl methyl sites for hydroxylation is 2. The molecule has 21 heavy (non-hydrogen) atoms. The Labute approximate surface area is 120 Å². The van der Waals surface area contributed by atoms with Crippen LogP contribution in [0.4, 0.5) is 0 Å². The minimum atomic E-state index is -0.370. The van der Waals surface area contributed by atoms with Gasteiger partial charge in [0.05, 0.1) is 0 Å². The lowest BCUT2D eigenvalue weighted by Gasteiger charge is -2.02. The molecule has 0 aliphatic heterocycles. The molecule has 110 valence electrons. The maximum atomic E-state index is 12.4. The number of fused-ring (bicyclic) bond motifs is 3. The van der Waals surface area contributed by atoms with E-state index in [1.165, 1.54) is 11.6 Å². The number of rotatable bonds is 2. The van der Waals surface area contributed by atoms with Crippen molar-refractivity contribution in [2.45, 2.75) is 20.4 Å². The van der Waals surface area contributed by atoms with Gasteiger partial charge in [0.15, 0.2) is 11.2 Å². The van der Waals surface area contributed by atoms with Gasteiger partial charge in [-0.15, -0.1) is 0 Å². The van der Waals surface area contributed by atoms with Crippen molar-refractivity contribution in [1.82, 2.24) is 23.1 Å². The second-order valence-corrected chi connectivity index (χ2v) is 5.11. The highest BCUT2D eigenvalue weighted by Gasteiger charge is 2.18. The molecule has 7 nitrogen and oxygen atoms in total. The highest BCUT2D eigenvalue weighted by atomic mass is 16.2. The minimum absolute atomic E-state index is 0.330. The predicted octanol–water partition coefficient (Wildman–Crippen LogP) is 0.571. The van der Waals surface area contributed by atoms with Crippen LogP contribution < -0.4 is 11.2 Å². The second kappa shape index (κ2) is 4.47. The van der Waals surface area contributed by atoms with Crippen molar-refractivity contribution in [3.05, 3.63) is 44.9 Å². The predicted molar refractivity (Wildman–Crippen MR) is 80.7 cm³/mol. The number of hydrogen-bond donors (Lipinski definition) is 0. The zero-order valence-electron chi connectivity index (χ0n) is 12.5. The molecule has 3 aromatic heterocycles. The van der Waals surface area contributed by atoms with Crippen LogP contribution >= 0.6 is 0 Å². The van der Waals surface area contributed by atoms with E-state index in [0.29, 0.717) is 23.5 Å². The summed E-state index contributed by atoms with van der Waals surface area (Å²) in [5, 5.41) is 0. The fourth-order valence-corrected chi connectivity index (χ4v) is 2.57. The van der Waals surface area contributed by atoms with Crippen LogP contribution in [0.2, 0.25) is 0 Å². The Hall–Kier alpha value is -2.57. The molecule has 0 saturated carbocycles. The fourth-order valence-electron chi connectivity index (χ4n) is 2.57. The van der Waals surface area contributed by atoms with Crippen molar-refractivity contribution in [3.8, 4) is 0 Å². The van der Waals surface area contributed by atoms with Crippen LogP contribution in [0.15, 0.2) is 27.9 Å². The number of nitrogens with zero attached hydrogens (tertiary/aromatic N) is 5. The Morgan fingerprint density at radius 2 is 1.95 bits per heavy atom. The van der Waals surface area contributed by atoms with E-state index in [1.54, 1.807) is 11.4 Å². The van der Waals surface area contributed by atoms with E-state index in [4.69, 9.17) is 0 Å². The molecule has 0 aromatic carbocycles. The molecule has 0 radical (unpaired) electrons. The monoisotopic (exact) mass is 287 g/mol. The van der Waals surface area contributed by atoms with Gasteiger partial charge in [0.1, 0.15) is 0 Å². The van der Waals surface area contributed by atoms with Gasteiger partial charge in [-0.1, -0.05) is 12.2 Å². The summed E-state index contributed by atoms with van der Waals surface area (Å²) in [5.74, 6) is 0.666. The lowest BCUT2D eigenvalue weighted by Crippen LogP contribution is -2.37. The average molecular weight is 287 g/mol. The van der Waals surface area contributed by atoms with Crippen LogP contribution in [0.5, 0.6) is 0 Å². The lowest BCUT2D eigenvalue weighted by molar-refractivity contribution is 0.707. The Bertz CT molecular complexity index is 997. The zero-order chi connectivity index (χ0) is 15.3. The molecule has 0 fully saturated rings. The molecular weight excluding hydrogens is 270 g/mol. The summed E-state index contributed by atoms with van der Waals surface area (Å²) in [5.41, 5.74) is 1.14. The molecule has 0 bridgehead atoms. The SMILES string of the molecule is CC=CCn1c(C)cn2c3c(=O)n(C)c(=O)n(C)c3nc12. The summed E-state index contributed by atoms with van der Waals surface area (Å²) in [4.78, 5) is 28.9. The topological polar surface area (TPSA) is 66.2 Å². The number of allylic oxidation sites excluding steroid dienone is 2. The van der Waals surface area contributed by atoms with Crippen LogP contribution in [-0.2, 0) is 20.6 Å². The fraction of sp³-hybridized carbons (Fsp3) is 0.357. The van der Waals surface area contributed by atoms with Gasteiger partial charge < -0.3 is 4.57 Å². The normalized spacial score (nSPS) is 12.2. The summed E-state index contributed by atoms with van der Waals surface area (Å²) in [7, 11) is 3.10. The molecule has 0 atom stereocenters. The van der Waals surface area contributed by atoms with Gasteiger partial charge in [0, 0.05) is 32.5 Å². The maximum Gasteiger partial charge on any atom is 0.332 e. The Balaban J connectivity index is 2.51. The molecule has 0 spiro atoms. The zero-order valence-corrected chi connectivity index (χ0v) is 12.5. The van der Waals surface area contributed by atoms with Crippen LogP contribution in [0.25, 0.3) is 16.9 Å². The van der Waals surface area contributed by atoms with Crippen molar-refractivity contribution < 1.29 is 0 Å². The smallest absolute Gasteiger partial charge is 0.310 e. The van der Waals surface area contributed by atoms with E-state index in [-0.39, 0.29) is 11.2 Å². The van der Waals surface area contributed by atoms with Crippen molar-refractivity contribution in [2.24, 2.45) is 14.1 Å². The van der Waals surface area contributed by atoms with Gasteiger partial charge in [0.25, 0.3) is 5.56 Å². The number of imidazole rings is 2. The highest BCUT2D eigenvalue weighted by Crippen LogP contribution is 2.15. The quantitative estimate of drug-likeness (QED) is 0.647. The summed E-state index contributed by atoms with van der Waals surface area (Å²) in [6.45, 7) is 4.60. The number of hydrogen-bond acceptors (Lipinski definition) is 3.